The van der Waals surface area contributed by atoms with Crippen molar-refractivity contribution < 1.29 is 0 Å². The summed E-state index contributed by atoms with van der Waals surface area (Å²) in [6.07, 6.45) is 9.75. The zero-order valence-corrected chi connectivity index (χ0v) is 41.1. The number of aromatic nitrogens is 4. The number of halogens is 2. The van der Waals surface area contributed by atoms with Gasteiger partial charge in [0.05, 0.1) is 33.5 Å². The Morgan fingerprint density at radius 2 is 0.812 bits per heavy atom. The van der Waals surface area contributed by atoms with Crippen molar-refractivity contribution in [3.8, 4) is 56.4 Å². The molecule has 0 aliphatic rings. The number of nitrogens with zero attached hydrogens (tertiary/aromatic N) is 4. The van der Waals surface area contributed by atoms with Crippen LogP contribution in [0.5, 0.6) is 0 Å². The van der Waals surface area contributed by atoms with E-state index >= 15 is 0 Å². The maximum Gasteiger partial charge on any atom is 0.160 e. The highest BCUT2D eigenvalue weighted by Gasteiger charge is 2.18. The summed E-state index contributed by atoms with van der Waals surface area (Å²) < 4.78 is 4.73. The first-order valence-electron chi connectivity index (χ1n) is 23.2. The normalized spacial score (nSPS) is 11.1. The van der Waals surface area contributed by atoms with Crippen LogP contribution in [-0.4, -0.2) is 19.1 Å². The number of allylic oxidation sites excluding steroid dienone is 5. The molecule has 11 rings (SSSR count). The molecule has 0 fully saturated rings. The van der Waals surface area contributed by atoms with Crippen molar-refractivity contribution in [2.24, 2.45) is 0 Å². The van der Waals surface area contributed by atoms with Gasteiger partial charge < -0.3 is 9.13 Å². The third-order valence-corrected chi connectivity index (χ3v) is 12.2. The van der Waals surface area contributed by atoms with Crippen molar-refractivity contribution in [3.05, 3.63) is 241 Å². The molecule has 3 heterocycles. The number of fused-ring (bicyclic) bond motifs is 6. The molecule has 340 valence electrons. The predicted molar refractivity (Wildman–Crippen MR) is 299 cm³/mol. The second-order valence-corrected chi connectivity index (χ2v) is 17.1. The molecule has 0 unspecified atom stereocenters. The molecular weight excluding hydrogens is 884 g/mol. The van der Waals surface area contributed by atoms with Crippen molar-refractivity contribution in [3.63, 3.8) is 0 Å². The highest BCUT2D eigenvalue weighted by Crippen LogP contribution is 2.39. The van der Waals surface area contributed by atoms with Crippen molar-refractivity contribution >= 4 is 66.8 Å². The first-order valence-corrected chi connectivity index (χ1v) is 23.9. The summed E-state index contributed by atoms with van der Waals surface area (Å²) in [5.41, 5.74) is 13.6. The molecule has 0 atom stereocenters. The van der Waals surface area contributed by atoms with Crippen LogP contribution in [0.4, 0.5) is 0 Å². The van der Waals surface area contributed by atoms with Gasteiger partial charge in [0.15, 0.2) is 5.82 Å². The Hall–Kier alpha value is -7.76. The van der Waals surface area contributed by atoms with Gasteiger partial charge in [0.2, 0.25) is 0 Å². The van der Waals surface area contributed by atoms with Gasteiger partial charge in [0, 0.05) is 59.7 Å². The Kier molecular flexibility index (Phi) is 15.5. The third kappa shape index (κ3) is 10.4. The van der Waals surface area contributed by atoms with E-state index in [0.717, 1.165) is 56.0 Å². The molecule has 69 heavy (non-hydrogen) atoms. The molecule has 0 amide bonds. The number of hydrogen-bond acceptors (Lipinski definition) is 2. The summed E-state index contributed by atoms with van der Waals surface area (Å²) in [4.78, 5) is 10.1. The zero-order valence-electron chi connectivity index (χ0n) is 39.6. The fourth-order valence-electron chi connectivity index (χ4n) is 8.33. The minimum Gasteiger partial charge on any atom is -0.309 e. The second-order valence-electron chi connectivity index (χ2n) is 16.3. The average molecular weight is 938 g/mol. The third-order valence-electron chi connectivity index (χ3n) is 11.7. The molecule has 0 saturated heterocycles. The first-order chi connectivity index (χ1) is 33.8. The van der Waals surface area contributed by atoms with Crippen LogP contribution in [0, 0.1) is 0 Å². The molecule has 3 aromatic heterocycles. The van der Waals surface area contributed by atoms with Gasteiger partial charge in [0.25, 0.3) is 0 Å². The van der Waals surface area contributed by atoms with Crippen molar-refractivity contribution in [1.29, 1.82) is 0 Å². The van der Waals surface area contributed by atoms with Crippen LogP contribution >= 0.6 is 23.2 Å². The molecule has 8 aromatic carbocycles. The van der Waals surface area contributed by atoms with Gasteiger partial charge in [-0.1, -0.05) is 151 Å². The molecule has 0 spiro atoms. The fraction of sp³-hybridized carbons (Fsp3) is 0.0794. The van der Waals surface area contributed by atoms with Gasteiger partial charge in [0.1, 0.15) is 0 Å². The van der Waals surface area contributed by atoms with Crippen molar-refractivity contribution in [2.45, 2.75) is 34.6 Å². The summed E-state index contributed by atoms with van der Waals surface area (Å²) in [5.74, 6) is 0.620. The topological polar surface area (TPSA) is 35.6 Å². The van der Waals surface area contributed by atoms with E-state index < -0.39 is 0 Å². The monoisotopic (exact) mass is 936 g/mol. The lowest BCUT2D eigenvalue weighted by Gasteiger charge is -2.13. The van der Waals surface area contributed by atoms with Crippen LogP contribution in [0.1, 0.15) is 34.6 Å². The molecule has 0 aliphatic carbocycles. The number of para-hydroxylation sites is 3. The molecule has 0 N–H and O–H groups in total. The van der Waals surface area contributed by atoms with E-state index in [4.69, 9.17) is 33.2 Å². The summed E-state index contributed by atoms with van der Waals surface area (Å²) in [6, 6.07) is 67.7. The number of benzene rings is 8. The molecule has 11 aromatic rings. The molecular formula is C63H54Cl2N4. The van der Waals surface area contributed by atoms with Gasteiger partial charge in [-0.05, 0) is 143 Å². The van der Waals surface area contributed by atoms with Gasteiger partial charge in [-0.15, -0.1) is 6.58 Å². The average Bonchev–Trinajstić information content (AvgIpc) is 3.92. The van der Waals surface area contributed by atoms with E-state index in [1.165, 1.54) is 38.1 Å². The highest BCUT2D eigenvalue weighted by atomic mass is 35.5. The van der Waals surface area contributed by atoms with Crippen LogP contribution in [0.2, 0.25) is 10.0 Å². The predicted octanol–water partition coefficient (Wildman–Crippen LogP) is 19.0. The zero-order chi connectivity index (χ0) is 48.3. The molecule has 4 nitrogen and oxygen atoms in total. The summed E-state index contributed by atoms with van der Waals surface area (Å²) in [5, 5.41) is 6.20. The van der Waals surface area contributed by atoms with E-state index in [1.807, 2.05) is 107 Å². The largest absolute Gasteiger partial charge is 0.309 e. The van der Waals surface area contributed by atoms with Crippen LogP contribution in [0.3, 0.4) is 0 Å². The summed E-state index contributed by atoms with van der Waals surface area (Å²) in [6.45, 7) is 13.2. The van der Waals surface area contributed by atoms with Crippen LogP contribution in [-0.2, 0) is 0 Å². The number of rotatable bonds is 6. The van der Waals surface area contributed by atoms with Gasteiger partial charge in [-0.3, -0.25) is 0 Å². The van der Waals surface area contributed by atoms with Crippen LogP contribution < -0.4 is 0 Å². The highest BCUT2D eigenvalue weighted by molar-refractivity contribution is 6.31. The van der Waals surface area contributed by atoms with Crippen LogP contribution in [0.15, 0.2) is 231 Å². The second kappa shape index (κ2) is 22.4. The smallest absolute Gasteiger partial charge is 0.160 e. The minimum atomic E-state index is 0.620. The Morgan fingerprint density at radius 1 is 0.362 bits per heavy atom. The SMILES string of the molecule is C/C=C\C.C/C=C\C.C=CC.Clc1ccc(-c2cc(-c3cccc(-n4c5ccccc5c5ccc(-c6ccc7c(c6)c6ccccc6n7-c6ccccc6)cc54)c3)nc(-c3ccc(Cl)cc3)n2)cc1. The van der Waals surface area contributed by atoms with E-state index in [-0.39, 0.29) is 0 Å². The fourth-order valence-corrected chi connectivity index (χ4v) is 8.58. The maximum absolute atomic E-state index is 6.28. The summed E-state index contributed by atoms with van der Waals surface area (Å²) >= 11 is 12.6. The molecule has 0 aliphatic heterocycles. The van der Waals surface area contributed by atoms with Gasteiger partial charge in [-0.2, -0.15) is 0 Å². The lowest BCUT2D eigenvalue weighted by molar-refractivity contribution is 1.16. The Labute approximate surface area is 415 Å². The van der Waals surface area contributed by atoms with E-state index in [1.54, 1.807) is 6.08 Å². The van der Waals surface area contributed by atoms with Crippen LogP contribution in [0.25, 0.3) is 100 Å². The van der Waals surface area contributed by atoms with Crippen molar-refractivity contribution in [1.82, 2.24) is 19.1 Å². The van der Waals surface area contributed by atoms with Crippen molar-refractivity contribution in [2.75, 3.05) is 0 Å². The lowest BCUT2D eigenvalue weighted by Crippen LogP contribution is -1.98. The lowest BCUT2D eigenvalue weighted by atomic mass is 10.0. The maximum atomic E-state index is 6.28. The molecule has 6 heteroatoms. The Morgan fingerprint density at radius 3 is 1.42 bits per heavy atom. The Balaban J connectivity index is 0.000000532. The quantitative estimate of drug-likeness (QED) is 0.156. The molecule has 0 radical (unpaired) electrons. The van der Waals surface area contributed by atoms with E-state index in [0.29, 0.717) is 15.9 Å². The van der Waals surface area contributed by atoms with Gasteiger partial charge >= 0.3 is 0 Å². The Bertz CT molecular complexity index is 3500. The van der Waals surface area contributed by atoms with Gasteiger partial charge in [-0.25, -0.2) is 9.97 Å². The van der Waals surface area contributed by atoms with E-state index in [9.17, 15) is 0 Å². The molecule has 0 saturated carbocycles. The first kappa shape index (κ1) is 47.7. The summed E-state index contributed by atoms with van der Waals surface area (Å²) in [7, 11) is 0. The molecule has 0 bridgehead atoms. The van der Waals surface area contributed by atoms with E-state index in [2.05, 4.69) is 161 Å². The standard InChI is InChI=1S/C52H32Cl2N4.2C4H8.C3H6/c53-38-23-17-33(18-24-38)46-32-47(56-52(55-46)34-19-25-39(54)26-20-34)37-9-8-12-41(29-37)58-48-15-6-4-13-42(48)44-27-21-36(31-51(44)58)35-22-28-50-45(30-35)43-14-5-7-16-49(43)57(50)40-10-2-1-3-11-40;2*1-3-4-2;1-3-2/h1-32H;2*3-4H,1-2H3;3H,1H2,2H3/b;2*4-3-;. The minimum absolute atomic E-state index is 0.620. The number of hydrogen-bond donors (Lipinski definition) is 0.